The smallest absolute Gasteiger partial charge is 0.216 e. The Morgan fingerprint density at radius 1 is 1.47 bits per heavy atom. The maximum Gasteiger partial charge on any atom is 0.216 e. The van der Waals surface area contributed by atoms with Gasteiger partial charge in [0.15, 0.2) is 0 Å². The molecule has 17 heavy (non-hydrogen) atoms. The van der Waals surface area contributed by atoms with Crippen LogP contribution < -0.4 is 16.4 Å². The first-order valence-electron chi connectivity index (χ1n) is 5.08. The minimum Gasteiger partial charge on any atom is -0.389 e. The summed E-state index contributed by atoms with van der Waals surface area (Å²) < 4.78 is 0. The van der Waals surface area contributed by atoms with E-state index in [2.05, 4.69) is 10.6 Å². The van der Waals surface area contributed by atoms with Crippen LogP contribution in [0, 0.1) is 0 Å². The van der Waals surface area contributed by atoms with Gasteiger partial charge in [-0.15, -0.1) is 0 Å². The molecule has 0 spiro atoms. The predicted octanol–water partition coefficient (Wildman–Crippen LogP) is 1.52. The highest BCUT2D eigenvalue weighted by molar-refractivity contribution is 7.80. The van der Waals surface area contributed by atoms with Gasteiger partial charge in [-0.3, -0.25) is 4.79 Å². The number of benzene rings is 1. The molecule has 1 aromatic carbocycles. The van der Waals surface area contributed by atoms with Crippen LogP contribution in [-0.2, 0) is 4.79 Å². The molecule has 0 atom stereocenters. The molecule has 0 saturated heterocycles. The van der Waals surface area contributed by atoms with Crippen molar-refractivity contribution in [3.8, 4) is 0 Å². The summed E-state index contributed by atoms with van der Waals surface area (Å²) in [6.45, 7) is 2.61. The molecule has 0 aliphatic rings. The molecule has 1 amide bonds. The molecule has 92 valence electrons. The monoisotopic (exact) mass is 271 g/mol. The molecule has 0 saturated carbocycles. The lowest BCUT2D eigenvalue weighted by Gasteiger charge is -2.11. The predicted molar refractivity (Wildman–Crippen MR) is 74.5 cm³/mol. The van der Waals surface area contributed by atoms with E-state index in [0.29, 0.717) is 23.7 Å². The standard InChI is InChI=1S/C11H14ClN3OS/c1-7(16)14-4-5-15-10-3-2-8(12)6-9(10)11(13)17/h2-3,6,15H,4-5H2,1H3,(H2,13,17)(H,14,16). The van der Waals surface area contributed by atoms with E-state index < -0.39 is 0 Å². The van der Waals surface area contributed by atoms with Gasteiger partial charge >= 0.3 is 0 Å². The molecular formula is C11H14ClN3OS. The molecule has 0 radical (unpaired) electrons. The summed E-state index contributed by atoms with van der Waals surface area (Å²) in [5, 5.41) is 6.40. The molecule has 0 aromatic heterocycles. The highest BCUT2D eigenvalue weighted by Crippen LogP contribution is 2.20. The lowest BCUT2D eigenvalue weighted by atomic mass is 10.2. The van der Waals surface area contributed by atoms with Gasteiger partial charge in [-0.1, -0.05) is 23.8 Å². The SMILES string of the molecule is CC(=O)NCCNc1ccc(Cl)cc1C(N)=S. The lowest BCUT2D eigenvalue weighted by molar-refractivity contribution is -0.118. The van der Waals surface area contributed by atoms with Gasteiger partial charge in [0.1, 0.15) is 4.99 Å². The van der Waals surface area contributed by atoms with E-state index in [4.69, 9.17) is 29.6 Å². The molecule has 0 bridgehead atoms. The quantitative estimate of drug-likeness (QED) is 0.561. The summed E-state index contributed by atoms with van der Waals surface area (Å²) in [7, 11) is 0. The average molecular weight is 272 g/mol. The van der Waals surface area contributed by atoms with Crippen molar-refractivity contribution in [1.29, 1.82) is 0 Å². The van der Waals surface area contributed by atoms with Gasteiger partial charge in [0.2, 0.25) is 5.91 Å². The largest absolute Gasteiger partial charge is 0.389 e. The van der Waals surface area contributed by atoms with E-state index in [1.807, 2.05) is 6.07 Å². The highest BCUT2D eigenvalue weighted by atomic mass is 35.5. The summed E-state index contributed by atoms with van der Waals surface area (Å²) >= 11 is 10.8. The summed E-state index contributed by atoms with van der Waals surface area (Å²) in [6.07, 6.45) is 0. The zero-order chi connectivity index (χ0) is 12.8. The second-order valence-electron chi connectivity index (χ2n) is 3.46. The fourth-order valence-electron chi connectivity index (χ4n) is 1.31. The Morgan fingerprint density at radius 3 is 2.76 bits per heavy atom. The Morgan fingerprint density at radius 2 is 2.18 bits per heavy atom. The third kappa shape index (κ3) is 4.58. The number of hydrogen-bond donors (Lipinski definition) is 3. The topological polar surface area (TPSA) is 67.2 Å². The summed E-state index contributed by atoms with van der Waals surface area (Å²) in [5.41, 5.74) is 7.12. The molecule has 0 aliphatic heterocycles. The van der Waals surface area contributed by atoms with Crippen molar-refractivity contribution in [3.05, 3.63) is 28.8 Å². The second kappa shape index (κ2) is 6.42. The average Bonchev–Trinajstić information content (AvgIpc) is 2.25. The van der Waals surface area contributed by atoms with Crippen LogP contribution in [0.4, 0.5) is 5.69 Å². The van der Waals surface area contributed by atoms with Crippen LogP contribution in [0.2, 0.25) is 5.02 Å². The first kappa shape index (κ1) is 13.7. The van der Waals surface area contributed by atoms with E-state index in [1.165, 1.54) is 6.92 Å². The first-order valence-corrected chi connectivity index (χ1v) is 5.87. The molecule has 1 aromatic rings. The highest BCUT2D eigenvalue weighted by Gasteiger charge is 2.05. The van der Waals surface area contributed by atoms with Gasteiger partial charge in [0, 0.05) is 36.3 Å². The van der Waals surface area contributed by atoms with Crippen LogP contribution in [0.25, 0.3) is 0 Å². The number of thiocarbonyl (C=S) groups is 1. The van der Waals surface area contributed by atoms with Crippen molar-refractivity contribution in [2.45, 2.75) is 6.92 Å². The van der Waals surface area contributed by atoms with Crippen LogP contribution in [0.5, 0.6) is 0 Å². The van der Waals surface area contributed by atoms with Crippen LogP contribution >= 0.6 is 23.8 Å². The number of rotatable bonds is 5. The van der Waals surface area contributed by atoms with Gasteiger partial charge in [-0.05, 0) is 18.2 Å². The van der Waals surface area contributed by atoms with Crippen LogP contribution in [0.3, 0.4) is 0 Å². The molecule has 6 heteroatoms. The molecule has 0 aliphatic carbocycles. The zero-order valence-electron chi connectivity index (χ0n) is 9.42. The fourth-order valence-corrected chi connectivity index (χ4v) is 1.65. The number of nitrogens with two attached hydrogens (primary N) is 1. The van der Waals surface area contributed by atoms with Crippen molar-refractivity contribution in [2.24, 2.45) is 5.73 Å². The molecule has 0 unspecified atom stereocenters. The normalized spacial score (nSPS) is 9.76. The molecule has 4 nitrogen and oxygen atoms in total. The molecule has 0 fully saturated rings. The zero-order valence-corrected chi connectivity index (χ0v) is 11.0. The van der Waals surface area contributed by atoms with Gasteiger partial charge in [-0.25, -0.2) is 0 Å². The summed E-state index contributed by atoms with van der Waals surface area (Å²) in [5.74, 6) is -0.0579. The minimum atomic E-state index is -0.0579. The third-order valence-corrected chi connectivity index (χ3v) is 2.52. The number of carbonyl (C=O) groups is 1. The Labute approximate surface area is 111 Å². The Kier molecular flexibility index (Phi) is 5.18. The van der Waals surface area contributed by atoms with Crippen molar-refractivity contribution >= 4 is 40.4 Å². The van der Waals surface area contributed by atoms with Crippen LogP contribution in [-0.4, -0.2) is 24.0 Å². The van der Waals surface area contributed by atoms with Gasteiger partial charge in [0.05, 0.1) is 0 Å². The molecular weight excluding hydrogens is 258 g/mol. The van der Waals surface area contributed by atoms with Gasteiger partial charge in [-0.2, -0.15) is 0 Å². The molecule has 4 N–H and O–H groups in total. The van der Waals surface area contributed by atoms with Crippen molar-refractivity contribution in [3.63, 3.8) is 0 Å². The Balaban J connectivity index is 2.64. The number of carbonyl (C=O) groups excluding carboxylic acids is 1. The fraction of sp³-hybridized carbons (Fsp3) is 0.273. The van der Waals surface area contributed by atoms with E-state index in [9.17, 15) is 4.79 Å². The van der Waals surface area contributed by atoms with E-state index in [1.54, 1.807) is 12.1 Å². The van der Waals surface area contributed by atoms with Crippen LogP contribution in [0.15, 0.2) is 18.2 Å². The number of halogens is 1. The maximum atomic E-state index is 10.7. The van der Waals surface area contributed by atoms with E-state index in [-0.39, 0.29) is 10.9 Å². The summed E-state index contributed by atoms with van der Waals surface area (Å²) in [6, 6.07) is 5.28. The van der Waals surface area contributed by atoms with Gasteiger partial charge in [0.25, 0.3) is 0 Å². The minimum absolute atomic E-state index is 0.0579. The summed E-state index contributed by atoms with van der Waals surface area (Å²) in [4.78, 5) is 11.0. The number of anilines is 1. The molecule has 0 heterocycles. The third-order valence-electron chi connectivity index (χ3n) is 2.06. The van der Waals surface area contributed by atoms with Gasteiger partial charge < -0.3 is 16.4 Å². The molecule has 1 rings (SSSR count). The second-order valence-corrected chi connectivity index (χ2v) is 4.34. The van der Waals surface area contributed by atoms with Crippen LogP contribution in [0.1, 0.15) is 12.5 Å². The first-order chi connectivity index (χ1) is 8.00. The Bertz CT molecular complexity index is 437. The number of hydrogen-bond acceptors (Lipinski definition) is 3. The number of nitrogens with one attached hydrogen (secondary N) is 2. The van der Waals surface area contributed by atoms with E-state index in [0.717, 1.165) is 5.69 Å². The maximum absolute atomic E-state index is 10.7. The Hall–Kier alpha value is -1.33. The lowest BCUT2D eigenvalue weighted by Crippen LogP contribution is -2.26. The van der Waals surface area contributed by atoms with Crippen molar-refractivity contribution in [1.82, 2.24) is 5.32 Å². The van der Waals surface area contributed by atoms with E-state index >= 15 is 0 Å². The van der Waals surface area contributed by atoms with Crippen molar-refractivity contribution in [2.75, 3.05) is 18.4 Å². The number of amides is 1. The van der Waals surface area contributed by atoms with Crippen molar-refractivity contribution < 1.29 is 4.79 Å².